The molecule has 10 unspecified atom stereocenters. The van der Waals surface area contributed by atoms with Crippen molar-refractivity contribution in [3.63, 3.8) is 0 Å². The second kappa shape index (κ2) is 13.2. The number of carbonyl (C=O) groups is 1. The van der Waals surface area contributed by atoms with E-state index in [2.05, 4.69) is 70.0 Å². The SMILES string of the molecule is COC(=O)c1ccc(C2=CCC3(C)C(CCC4(C)C3CCC3C5C(C(C)CF)CCC5(NCCN5CCS(=O)(=O)CC5)CCC34C)C2(C)C)cc1. The van der Waals surface area contributed by atoms with E-state index in [0.717, 1.165) is 38.8 Å². The van der Waals surface area contributed by atoms with Crippen molar-refractivity contribution in [2.45, 2.75) is 105 Å². The molecule has 4 saturated carbocycles. The van der Waals surface area contributed by atoms with Gasteiger partial charge in [-0.05, 0) is 138 Å². The third kappa shape index (κ3) is 5.90. The van der Waals surface area contributed by atoms with Crippen LogP contribution < -0.4 is 5.32 Å². The van der Waals surface area contributed by atoms with Crippen LogP contribution in [0.4, 0.5) is 4.39 Å². The van der Waals surface area contributed by atoms with Gasteiger partial charge in [0.2, 0.25) is 0 Å². The van der Waals surface area contributed by atoms with Crippen molar-refractivity contribution in [3.8, 4) is 0 Å². The number of nitrogens with zero attached hydrogens (tertiary/aromatic N) is 1. The predicted molar refractivity (Wildman–Crippen MR) is 204 cm³/mol. The number of halogens is 1. The van der Waals surface area contributed by atoms with E-state index in [4.69, 9.17) is 4.74 Å². The van der Waals surface area contributed by atoms with Crippen molar-refractivity contribution in [1.29, 1.82) is 0 Å². The van der Waals surface area contributed by atoms with Crippen molar-refractivity contribution >= 4 is 21.4 Å². The van der Waals surface area contributed by atoms with Gasteiger partial charge in [-0.2, -0.15) is 0 Å². The minimum Gasteiger partial charge on any atom is -0.465 e. The third-order valence-corrected chi connectivity index (χ3v) is 18.6. The number of alkyl halides is 1. The maximum absolute atomic E-state index is 14.6. The second-order valence-electron chi connectivity index (χ2n) is 19.2. The van der Waals surface area contributed by atoms with Crippen molar-refractivity contribution < 1.29 is 22.3 Å². The van der Waals surface area contributed by atoms with Gasteiger partial charge in [0.05, 0.1) is 30.9 Å². The molecule has 6 nitrogen and oxygen atoms in total. The quantitative estimate of drug-likeness (QED) is 0.273. The lowest BCUT2D eigenvalue weighted by Gasteiger charge is -2.72. The van der Waals surface area contributed by atoms with E-state index in [-0.39, 0.29) is 57.3 Å². The highest BCUT2D eigenvalue weighted by molar-refractivity contribution is 7.91. The fourth-order valence-electron chi connectivity index (χ4n) is 14.1. The summed E-state index contributed by atoms with van der Waals surface area (Å²) in [6.07, 6.45) is 13.2. The van der Waals surface area contributed by atoms with Crippen LogP contribution in [0.25, 0.3) is 5.57 Å². The minimum atomic E-state index is -2.89. The molecule has 0 bridgehead atoms. The number of ether oxygens (including phenoxy) is 1. The molecule has 0 radical (unpaired) electrons. The largest absolute Gasteiger partial charge is 0.465 e. The molecular weight excluding hydrogens is 660 g/mol. The molecule has 1 N–H and O–H groups in total. The average Bonchev–Trinajstić information content (AvgIpc) is 3.48. The third-order valence-electron chi connectivity index (χ3n) is 17.0. The van der Waals surface area contributed by atoms with Gasteiger partial charge in [-0.25, -0.2) is 13.2 Å². The van der Waals surface area contributed by atoms with Gasteiger partial charge in [-0.3, -0.25) is 4.39 Å². The fourth-order valence-corrected chi connectivity index (χ4v) is 15.4. The monoisotopic (exact) mass is 724 g/mol. The Morgan fingerprint density at radius 3 is 2.31 bits per heavy atom. The zero-order valence-electron chi connectivity index (χ0n) is 32.5. The molecule has 10 atom stereocenters. The Kier molecular flexibility index (Phi) is 9.73. The normalized spacial score (nSPS) is 42.0. The number of allylic oxidation sites excluding steroid dienone is 2. The predicted octanol–water partition coefficient (Wildman–Crippen LogP) is 8.23. The van der Waals surface area contributed by atoms with Gasteiger partial charge in [-0.1, -0.05) is 59.8 Å². The summed E-state index contributed by atoms with van der Waals surface area (Å²) in [6, 6.07) is 8.03. The molecule has 0 spiro atoms. The Labute approximate surface area is 308 Å². The lowest BCUT2D eigenvalue weighted by molar-refractivity contribution is -0.221. The number of fused-ring (bicyclic) bond motifs is 7. The maximum atomic E-state index is 14.6. The molecule has 5 aliphatic carbocycles. The number of sulfone groups is 1. The maximum Gasteiger partial charge on any atom is 0.337 e. The molecular formula is C43H65FN2O4S. The number of rotatable bonds is 8. The highest BCUT2D eigenvalue weighted by Gasteiger charge is 2.70. The highest BCUT2D eigenvalue weighted by atomic mass is 32.2. The molecule has 1 aliphatic heterocycles. The van der Waals surface area contributed by atoms with Gasteiger partial charge < -0.3 is 15.0 Å². The lowest BCUT2D eigenvalue weighted by Crippen LogP contribution is -2.68. The second-order valence-corrected chi connectivity index (χ2v) is 21.5. The van der Waals surface area contributed by atoms with Gasteiger partial charge >= 0.3 is 5.97 Å². The summed E-state index contributed by atoms with van der Waals surface area (Å²) in [4.78, 5) is 14.5. The summed E-state index contributed by atoms with van der Waals surface area (Å²) in [5.41, 5.74) is 3.92. The van der Waals surface area contributed by atoms with Crippen molar-refractivity contribution in [3.05, 3.63) is 41.5 Å². The Bertz CT molecular complexity index is 1610. The summed E-state index contributed by atoms with van der Waals surface area (Å²) in [6.45, 7) is 17.9. The Balaban J connectivity index is 1.15. The molecule has 0 aromatic heterocycles. The van der Waals surface area contributed by atoms with E-state index >= 15 is 0 Å². The number of hydrogen-bond donors (Lipinski definition) is 1. The van der Waals surface area contributed by atoms with Crippen LogP contribution in [0, 0.1) is 57.2 Å². The molecule has 284 valence electrons. The van der Waals surface area contributed by atoms with E-state index < -0.39 is 9.84 Å². The fraction of sp³-hybridized carbons (Fsp3) is 0.791. The molecule has 1 aromatic rings. The van der Waals surface area contributed by atoms with Gasteiger partial charge in [-0.15, -0.1) is 0 Å². The molecule has 1 saturated heterocycles. The van der Waals surface area contributed by atoms with Gasteiger partial charge in [0.25, 0.3) is 0 Å². The summed E-state index contributed by atoms with van der Waals surface area (Å²) in [5.74, 6) is 3.01. The number of hydrogen-bond acceptors (Lipinski definition) is 6. The van der Waals surface area contributed by atoms with Gasteiger partial charge in [0.15, 0.2) is 9.84 Å². The summed E-state index contributed by atoms with van der Waals surface area (Å²) in [5, 5.41) is 4.16. The smallest absolute Gasteiger partial charge is 0.337 e. The first-order valence-corrected chi connectivity index (χ1v) is 22.0. The van der Waals surface area contributed by atoms with E-state index in [1.807, 2.05) is 12.1 Å². The van der Waals surface area contributed by atoms with Crippen molar-refractivity contribution in [2.75, 3.05) is 51.5 Å². The van der Waals surface area contributed by atoms with Crippen LogP contribution in [0.3, 0.4) is 0 Å². The average molecular weight is 725 g/mol. The molecule has 7 rings (SSSR count). The number of nitrogens with one attached hydrogen (secondary N) is 1. The summed E-state index contributed by atoms with van der Waals surface area (Å²) >= 11 is 0. The lowest BCUT2D eigenvalue weighted by atomic mass is 9.33. The molecule has 51 heavy (non-hydrogen) atoms. The van der Waals surface area contributed by atoms with Gasteiger partial charge in [0, 0.05) is 31.7 Å². The van der Waals surface area contributed by atoms with E-state index in [9.17, 15) is 17.6 Å². The van der Waals surface area contributed by atoms with E-state index in [1.165, 1.54) is 50.4 Å². The summed E-state index contributed by atoms with van der Waals surface area (Å²) in [7, 11) is -1.45. The number of methoxy groups -OCH3 is 1. The minimum absolute atomic E-state index is 0.0101. The molecule has 0 amide bonds. The summed E-state index contributed by atoms with van der Waals surface area (Å²) < 4.78 is 43.6. The van der Waals surface area contributed by atoms with E-state index in [0.29, 0.717) is 48.2 Å². The van der Waals surface area contributed by atoms with Crippen molar-refractivity contribution in [1.82, 2.24) is 10.2 Å². The number of esters is 1. The van der Waals surface area contributed by atoms with E-state index in [1.54, 1.807) is 0 Å². The zero-order chi connectivity index (χ0) is 36.6. The zero-order valence-corrected chi connectivity index (χ0v) is 33.3. The topological polar surface area (TPSA) is 75.7 Å². The van der Waals surface area contributed by atoms with Crippen LogP contribution in [0.15, 0.2) is 30.3 Å². The Morgan fingerprint density at radius 2 is 1.65 bits per heavy atom. The molecule has 5 fully saturated rings. The van der Waals surface area contributed by atoms with Crippen LogP contribution in [0.1, 0.15) is 115 Å². The van der Waals surface area contributed by atoms with Crippen LogP contribution in [-0.4, -0.2) is 76.3 Å². The molecule has 6 aliphatic rings. The highest BCUT2D eigenvalue weighted by Crippen LogP contribution is 2.76. The van der Waals surface area contributed by atoms with Crippen molar-refractivity contribution in [2.24, 2.45) is 57.2 Å². The first-order chi connectivity index (χ1) is 24.1. The van der Waals surface area contributed by atoms with Crippen LogP contribution in [-0.2, 0) is 14.6 Å². The standard InChI is InChI=1S/C43H65FN2O4S/c1-29(28-44)32-14-19-43(45-22-23-46-24-26-51(48,49)27-25-46)21-20-41(5)34(37(32)43)12-13-36-40(4)17-15-33(30-8-10-31(11-9-30)38(47)50-7)39(2,3)35(40)16-18-42(36,41)6/h8-11,15,29,32,34-37,45H,12-14,16-28H2,1-7H3. The van der Waals surface area contributed by atoms with Crippen LogP contribution in [0.5, 0.6) is 0 Å². The first kappa shape index (κ1) is 37.5. The number of carbonyl (C=O) groups excluding carboxylic acids is 1. The van der Waals surface area contributed by atoms with Crippen LogP contribution >= 0.6 is 0 Å². The molecule has 8 heteroatoms. The molecule has 1 heterocycles. The number of benzene rings is 1. The Morgan fingerprint density at radius 1 is 0.941 bits per heavy atom. The van der Waals surface area contributed by atoms with Gasteiger partial charge in [0.1, 0.15) is 0 Å². The molecule has 1 aromatic carbocycles. The first-order valence-electron chi connectivity index (χ1n) is 20.2. The van der Waals surface area contributed by atoms with Crippen LogP contribution in [0.2, 0.25) is 0 Å². The Hall–Kier alpha value is -1.77.